The molecule has 0 amide bonds. The quantitative estimate of drug-likeness (QED) is 0.314. The van der Waals surface area contributed by atoms with E-state index in [1.807, 2.05) is 36.6 Å². The van der Waals surface area contributed by atoms with Gasteiger partial charge in [0.1, 0.15) is 11.4 Å². The van der Waals surface area contributed by atoms with Gasteiger partial charge in [0.05, 0.1) is 12.8 Å². The van der Waals surface area contributed by atoms with Crippen molar-refractivity contribution in [2.75, 3.05) is 13.1 Å². The summed E-state index contributed by atoms with van der Waals surface area (Å²) in [7, 11) is 0. The van der Waals surface area contributed by atoms with Crippen molar-refractivity contribution in [1.29, 1.82) is 0 Å². The van der Waals surface area contributed by atoms with E-state index in [2.05, 4.69) is 15.6 Å². The Balaban J connectivity index is 0.00000243. The van der Waals surface area contributed by atoms with Gasteiger partial charge in [-0.1, -0.05) is 18.9 Å². The maximum absolute atomic E-state index is 10.7. The highest BCUT2D eigenvalue weighted by atomic mass is 127. The normalized spacial score (nSPS) is 17.5. The number of thiophene rings is 1. The van der Waals surface area contributed by atoms with Crippen molar-refractivity contribution in [2.45, 2.75) is 50.7 Å². The van der Waals surface area contributed by atoms with Gasteiger partial charge in [0.15, 0.2) is 5.96 Å². The van der Waals surface area contributed by atoms with Crippen LogP contribution < -0.4 is 10.6 Å². The third kappa shape index (κ3) is 6.28. The molecule has 1 aliphatic rings. The molecule has 7 heteroatoms. The van der Waals surface area contributed by atoms with Gasteiger partial charge in [-0.3, -0.25) is 0 Å². The molecule has 0 saturated heterocycles. The number of furan rings is 1. The molecule has 0 spiro atoms. The summed E-state index contributed by atoms with van der Waals surface area (Å²) >= 11 is 1.56. The predicted octanol–water partition coefficient (Wildman–Crippen LogP) is 3.89. The predicted molar refractivity (Wildman–Crippen MR) is 117 cm³/mol. The summed E-state index contributed by atoms with van der Waals surface area (Å²) in [5.74, 6) is 1.73. The second kappa shape index (κ2) is 10.3. The Bertz CT molecular complexity index is 650. The van der Waals surface area contributed by atoms with Crippen molar-refractivity contribution < 1.29 is 9.52 Å². The number of aliphatic hydroxyl groups is 1. The zero-order valence-corrected chi connectivity index (χ0v) is 18.3. The lowest BCUT2D eigenvalue weighted by Gasteiger charge is -2.22. The average Bonchev–Trinajstić information content (AvgIpc) is 3.34. The second-order valence-electron chi connectivity index (χ2n) is 6.80. The molecule has 0 bridgehead atoms. The first-order valence-corrected chi connectivity index (χ1v) is 9.85. The monoisotopic (exact) mass is 489 g/mol. The molecule has 3 N–H and O–H groups in total. The lowest BCUT2D eigenvalue weighted by molar-refractivity contribution is 0.0711. The molecule has 3 rings (SSSR count). The van der Waals surface area contributed by atoms with Crippen LogP contribution in [0.3, 0.4) is 0 Å². The van der Waals surface area contributed by atoms with E-state index in [4.69, 9.17) is 4.42 Å². The molecule has 2 aromatic rings. The summed E-state index contributed by atoms with van der Waals surface area (Å²) in [6.07, 6.45) is 7.40. The van der Waals surface area contributed by atoms with Crippen LogP contribution in [0.15, 0.2) is 45.3 Å². The van der Waals surface area contributed by atoms with E-state index in [-0.39, 0.29) is 24.0 Å². The molecule has 1 unspecified atom stereocenters. The molecular formula is C19H28IN3O2S. The first-order valence-electron chi connectivity index (χ1n) is 8.97. The van der Waals surface area contributed by atoms with Gasteiger partial charge in [-0.15, -0.1) is 35.3 Å². The van der Waals surface area contributed by atoms with E-state index < -0.39 is 5.60 Å². The van der Waals surface area contributed by atoms with Crippen LogP contribution in [0.5, 0.6) is 0 Å². The Kier molecular flexibility index (Phi) is 8.43. The van der Waals surface area contributed by atoms with Crippen LogP contribution in [0, 0.1) is 0 Å². The SMILES string of the molecule is CC(O)(CN=C(NCCc1ccco1)NC1CCCC1)c1cccs1.I. The highest BCUT2D eigenvalue weighted by Crippen LogP contribution is 2.25. The highest BCUT2D eigenvalue weighted by molar-refractivity contribution is 14.0. The smallest absolute Gasteiger partial charge is 0.191 e. The van der Waals surface area contributed by atoms with Gasteiger partial charge < -0.3 is 20.2 Å². The maximum atomic E-state index is 10.7. The number of halogens is 1. The molecular weight excluding hydrogens is 461 g/mol. The van der Waals surface area contributed by atoms with E-state index in [0.29, 0.717) is 12.6 Å². The minimum absolute atomic E-state index is 0. The van der Waals surface area contributed by atoms with Gasteiger partial charge in [0, 0.05) is 23.9 Å². The Morgan fingerprint density at radius 1 is 1.35 bits per heavy atom. The van der Waals surface area contributed by atoms with Crippen LogP contribution >= 0.6 is 35.3 Å². The molecule has 0 aromatic carbocycles. The number of aliphatic imine (C=N–C) groups is 1. The van der Waals surface area contributed by atoms with E-state index >= 15 is 0 Å². The van der Waals surface area contributed by atoms with Gasteiger partial charge in [-0.25, -0.2) is 4.99 Å². The van der Waals surface area contributed by atoms with E-state index in [1.54, 1.807) is 17.6 Å². The van der Waals surface area contributed by atoms with Crippen molar-refractivity contribution in [1.82, 2.24) is 10.6 Å². The van der Waals surface area contributed by atoms with Crippen LogP contribution in [0.25, 0.3) is 0 Å². The Morgan fingerprint density at radius 3 is 2.81 bits per heavy atom. The summed E-state index contributed by atoms with van der Waals surface area (Å²) < 4.78 is 5.37. The number of rotatable bonds is 7. The van der Waals surface area contributed by atoms with Crippen LogP contribution in [-0.2, 0) is 12.0 Å². The number of hydrogen-bond donors (Lipinski definition) is 3. The molecule has 26 heavy (non-hydrogen) atoms. The zero-order valence-electron chi connectivity index (χ0n) is 15.1. The first kappa shape index (κ1) is 21.2. The van der Waals surface area contributed by atoms with Crippen molar-refractivity contribution in [2.24, 2.45) is 4.99 Å². The van der Waals surface area contributed by atoms with Crippen LogP contribution in [0.1, 0.15) is 43.2 Å². The Hall–Kier alpha value is -1.06. The van der Waals surface area contributed by atoms with Gasteiger partial charge in [-0.05, 0) is 43.3 Å². The average molecular weight is 489 g/mol. The number of guanidine groups is 1. The van der Waals surface area contributed by atoms with Crippen LogP contribution in [-0.4, -0.2) is 30.2 Å². The van der Waals surface area contributed by atoms with E-state index in [9.17, 15) is 5.11 Å². The topological polar surface area (TPSA) is 69.8 Å². The molecule has 0 aliphatic heterocycles. The summed E-state index contributed by atoms with van der Waals surface area (Å²) in [5, 5.41) is 19.6. The number of nitrogens with zero attached hydrogens (tertiary/aromatic N) is 1. The molecule has 1 saturated carbocycles. The molecule has 1 aliphatic carbocycles. The van der Waals surface area contributed by atoms with Gasteiger partial charge in [-0.2, -0.15) is 0 Å². The van der Waals surface area contributed by atoms with E-state index in [1.165, 1.54) is 25.7 Å². The summed E-state index contributed by atoms with van der Waals surface area (Å²) in [5.41, 5.74) is -0.945. The summed E-state index contributed by atoms with van der Waals surface area (Å²) in [6, 6.07) is 8.26. The van der Waals surface area contributed by atoms with Crippen LogP contribution in [0.4, 0.5) is 0 Å². The third-order valence-corrected chi connectivity index (χ3v) is 5.66. The van der Waals surface area contributed by atoms with Gasteiger partial charge in [0.2, 0.25) is 0 Å². The Labute approximate surface area is 176 Å². The fourth-order valence-corrected chi connectivity index (χ4v) is 3.85. The lowest BCUT2D eigenvalue weighted by Crippen LogP contribution is -2.44. The largest absolute Gasteiger partial charge is 0.469 e. The summed E-state index contributed by atoms with van der Waals surface area (Å²) in [4.78, 5) is 5.59. The first-order chi connectivity index (χ1) is 12.1. The standard InChI is InChI=1S/C19H27N3O2S.HI/c1-19(23,17-9-5-13-25-17)14-21-18(22-15-6-2-3-7-15)20-11-10-16-8-4-12-24-16;/h4-5,8-9,12-13,15,23H,2-3,6-7,10-11,14H2,1H3,(H2,20,21,22);1H. The van der Waals surface area contributed by atoms with Crippen LogP contribution in [0.2, 0.25) is 0 Å². The number of hydrogen-bond acceptors (Lipinski definition) is 4. The second-order valence-corrected chi connectivity index (χ2v) is 7.75. The minimum atomic E-state index is -0.945. The molecule has 5 nitrogen and oxygen atoms in total. The molecule has 2 aromatic heterocycles. The molecule has 0 radical (unpaired) electrons. The minimum Gasteiger partial charge on any atom is -0.469 e. The molecule has 2 heterocycles. The fraction of sp³-hybridized carbons (Fsp3) is 0.526. The van der Waals surface area contributed by atoms with Crippen molar-refractivity contribution >= 4 is 41.3 Å². The van der Waals surface area contributed by atoms with Gasteiger partial charge in [0.25, 0.3) is 0 Å². The highest BCUT2D eigenvalue weighted by Gasteiger charge is 2.24. The lowest BCUT2D eigenvalue weighted by atomic mass is 10.1. The van der Waals surface area contributed by atoms with E-state index in [0.717, 1.165) is 29.6 Å². The number of nitrogens with one attached hydrogen (secondary N) is 2. The fourth-order valence-electron chi connectivity index (χ4n) is 3.07. The third-order valence-electron chi connectivity index (χ3n) is 4.54. The maximum Gasteiger partial charge on any atom is 0.191 e. The summed E-state index contributed by atoms with van der Waals surface area (Å²) in [6.45, 7) is 2.89. The zero-order chi connectivity index (χ0) is 17.5. The molecule has 1 fully saturated rings. The van der Waals surface area contributed by atoms with Gasteiger partial charge >= 0.3 is 0 Å². The molecule has 144 valence electrons. The molecule has 1 atom stereocenters. The Morgan fingerprint density at radius 2 is 2.15 bits per heavy atom. The van der Waals surface area contributed by atoms with Crippen molar-refractivity contribution in [3.05, 3.63) is 46.5 Å². The van der Waals surface area contributed by atoms with Crippen molar-refractivity contribution in [3.63, 3.8) is 0 Å². The van der Waals surface area contributed by atoms with Crippen molar-refractivity contribution in [3.8, 4) is 0 Å².